The lowest BCUT2D eigenvalue weighted by atomic mass is 10.2. The molecule has 0 aliphatic heterocycles. The summed E-state index contributed by atoms with van der Waals surface area (Å²) in [7, 11) is 0.642. The number of hydrogen-bond donors (Lipinski definition) is 0. The van der Waals surface area contributed by atoms with Gasteiger partial charge in [-0.15, -0.1) is 0 Å². The van der Waals surface area contributed by atoms with E-state index in [0.717, 1.165) is 5.71 Å². The molecule has 0 saturated heterocycles. The third-order valence-corrected chi connectivity index (χ3v) is 3.84. The summed E-state index contributed by atoms with van der Waals surface area (Å²) in [5, 5.41) is 4.38. The number of hydrogen-bond acceptors (Lipinski definition) is 3. The Morgan fingerprint density at radius 3 is 2.08 bits per heavy atom. The van der Waals surface area contributed by atoms with Crippen LogP contribution < -0.4 is 0 Å². The third-order valence-electron chi connectivity index (χ3n) is 1.80. The largest absolute Gasteiger partial charge is 0.328 e. The maximum Gasteiger partial charge on any atom is 0.168 e. The van der Waals surface area contributed by atoms with Crippen molar-refractivity contribution in [3.05, 3.63) is 0 Å². The Morgan fingerprint density at radius 2 is 1.77 bits per heavy atom. The minimum atomic E-state index is -1.34. The van der Waals surface area contributed by atoms with Crippen molar-refractivity contribution in [2.24, 2.45) is 5.10 Å². The van der Waals surface area contributed by atoms with Gasteiger partial charge < -0.3 is 4.67 Å². The smallest absolute Gasteiger partial charge is 0.168 e. The van der Waals surface area contributed by atoms with Crippen LogP contribution in [-0.4, -0.2) is 31.5 Å². The van der Waals surface area contributed by atoms with Crippen LogP contribution in [0.3, 0.4) is 0 Å². The molecule has 0 atom stereocenters. The number of Topliss-reactive ketones (excluding diaryl/α,β-unsaturated/α-hetero) is 1. The van der Waals surface area contributed by atoms with Crippen molar-refractivity contribution in [2.45, 2.75) is 39.9 Å². The maximum absolute atomic E-state index is 10.8. The van der Waals surface area contributed by atoms with Gasteiger partial charge in [-0.05, 0) is 13.8 Å². The second kappa shape index (κ2) is 4.55. The molecule has 0 aliphatic carbocycles. The summed E-state index contributed by atoms with van der Waals surface area (Å²) in [5.41, 5.74) is 0.900. The van der Waals surface area contributed by atoms with Crippen LogP contribution in [0.2, 0.25) is 19.6 Å². The van der Waals surface area contributed by atoms with Gasteiger partial charge in [0.05, 0.1) is 0 Å². The fourth-order valence-corrected chi connectivity index (χ4v) is 1.27. The first-order valence-corrected chi connectivity index (χ1v) is 7.95. The highest BCUT2D eigenvalue weighted by atomic mass is 28.3. The van der Waals surface area contributed by atoms with Gasteiger partial charge in [0.2, 0.25) is 0 Å². The van der Waals surface area contributed by atoms with Crippen molar-refractivity contribution < 1.29 is 4.79 Å². The molecule has 0 fully saturated rings. The van der Waals surface area contributed by atoms with Gasteiger partial charge in [0.15, 0.2) is 8.24 Å². The van der Waals surface area contributed by atoms with Crippen LogP contribution in [0.5, 0.6) is 0 Å². The van der Waals surface area contributed by atoms with E-state index in [1.807, 2.05) is 18.6 Å². The van der Waals surface area contributed by atoms with Gasteiger partial charge in [0.25, 0.3) is 0 Å². The molecule has 0 aromatic heterocycles. The number of carbonyl (C=O) groups is 1. The van der Waals surface area contributed by atoms with E-state index < -0.39 is 8.24 Å². The van der Waals surface area contributed by atoms with Crippen LogP contribution in [-0.2, 0) is 4.79 Å². The lowest BCUT2D eigenvalue weighted by Gasteiger charge is -2.27. The van der Waals surface area contributed by atoms with Gasteiger partial charge in [-0.1, -0.05) is 19.6 Å². The molecule has 0 aromatic carbocycles. The molecule has 0 unspecified atom stereocenters. The highest BCUT2D eigenvalue weighted by Gasteiger charge is 2.18. The number of hydrazone groups is 1. The van der Waals surface area contributed by atoms with Crippen molar-refractivity contribution in [1.82, 2.24) is 4.67 Å². The first-order valence-electron chi connectivity index (χ1n) is 4.51. The van der Waals surface area contributed by atoms with Crippen LogP contribution in [0.25, 0.3) is 0 Å². The van der Waals surface area contributed by atoms with Crippen molar-refractivity contribution in [3.8, 4) is 0 Å². The van der Waals surface area contributed by atoms with E-state index in [0.29, 0.717) is 6.42 Å². The van der Waals surface area contributed by atoms with Crippen LogP contribution in [0.15, 0.2) is 5.10 Å². The Kier molecular flexibility index (Phi) is 4.33. The average Bonchev–Trinajstić information content (AvgIpc) is 1.82. The predicted molar refractivity (Wildman–Crippen MR) is 59.5 cm³/mol. The summed E-state index contributed by atoms with van der Waals surface area (Å²) in [4.78, 5) is 10.8. The van der Waals surface area contributed by atoms with E-state index in [1.54, 1.807) is 6.92 Å². The Bertz CT molecular complexity index is 218. The van der Waals surface area contributed by atoms with Crippen molar-refractivity contribution in [1.29, 1.82) is 0 Å². The Hall–Kier alpha value is -0.643. The fourth-order valence-electron chi connectivity index (χ4n) is 0.802. The SMILES string of the molecule is CC(=O)C/C(C)=N/N(C)[Si](C)(C)C. The second-order valence-corrected chi connectivity index (χ2v) is 9.40. The second-order valence-electron chi connectivity index (χ2n) is 4.41. The summed E-state index contributed by atoms with van der Waals surface area (Å²) in [6, 6.07) is 0. The highest BCUT2D eigenvalue weighted by Crippen LogP contribution is 2.07. The predicted octanol–water partition coefficient (Wildman–Crippen LogP) is 2.11. The summed E-state index contributed by atoms with van der Waals surface area (Å²) in [6.07, 6.45) is 0.467. The third kappa shape index (κ3) is 5.57. The summed E-state index contributed by atoms with van der Waals surface area (Å²) in [5.74, 6) is 0.172. The first-order chi connectivity index (χ1) is 5.73. The van der Waals surface area contributed by atoms with Crippen LogP contribution >= 0.6 is 0 Å². The number of ketones is 1. The van der Waals surface area contributed by atoms with E-state index in [4.69, 9.17) is 0 Å². The fraction of sp³-hybridized carbons (Fsp3) is 0.778. The molecule has 0 aliphatic rings. The number of carbonyl (C=O) groups excluding carboxylic acids is 1. The molecule has 0 saturated carbocycles. The van der Waals surface area contributed by atoms with Gasteiger partial charge in [-0.25, -0.2) is 0 Å². The molecule has 76 valence electrons. The van der Waals surface area contributed by atoms with Gasteiger partial charge in [0.1, 0.15) is 5.78 Å². The van der Waals surface area contributed by atoms with Crippen LogP contribution in [0.4, 0.5) is 0 Å². The van der Waals surface area contributed by atoms with Gasteiger partial charge in [-0.2, -0.15) is 5.10 Å². The molecular formula is C9H20N2OSi. The van der Waals surface area contributed by atoms with E-state index in [-0.39, 0.29) is 5.78 Å². The number of rotatable bonds is 4. The molecule has 0 rings (SSSR count). The maximum atomic E-state index is 10.8. The van der Waals surface area contributed by atoms with E-state index in [2.05, 4.69) is 24.7 Å². The minimum Gasteiger partial charge on any atom is -0.328 e. The minimum absolute atomic E-state index is 0.172. The molecule has 0 radical (unpaired) electrons. The molecule has 0 bridgehead atoms. The Morgan fingerprint density at radius 1 is 1.31 bits per heavy atom. The average molecular weight is 200 g/mol. The molecule has 0 N–H and O–H groups in total. The van der Waals surface area contributed by atoms with E-state index >= 15 is 0 Å². The van der Waals surface area contributed by atoms with Gasteiger partial charge in [0, 0.05) is 19.2 Å². The van der Waals surface area contributed by atoms with Gasteiger partial charge in [-0.3, -0.25) is 4.79 Å². The zero-order chi connectivity index (χ0) is 10.6. The molecule has 3 nitrogen and oxygen atoms in total. The van der Waals surface area contributed by atoms with Crippen LogP contribution in [0, 0.1) is 0 Å². The molecule has 0 heterocycles. The van der Waals surface area contributed by atoms with Crippen LogP contribution in [0.1, 0.15) is 20.3 Å². The zero-order valence-electron chi connectivity index (χ0n) is 9.51. The molecule has 0 aromatic rings. The van der Waals surface area contributed by atoms with Crippen molar-refractivity contribution in [2.75, 3.05) is 7.05 Å². The lowest BCUT2D eigenvalue weighted by molar-refractivity contribution is -0.115. The molecule has 0 amide bonds. The molecule has 0 spiro atoms. The highest BCUT2D eigenvalue weighted by molar-refractivity contribution is 6.73. The normalized spacial score (nSPS) is 12.9. The van der Waals surface area contributed by atoms with E-state index in [1.165, 1.54) is 0 Å². The van der Waals surface area contributed by atoms with Crippen molar-refractivity contribution >= 4 is 19.7 Å². The quantitative estimate of drug-likeness (QED) is 0.395. The first kappa shape index (κ1) is 12.4. The lowest BCUT2D eigenvalue weighted by Crippen LogP contribution is -2.39. The Labute approximate surface area is 81.9 Å². The summed E-state index contributed by atoms with van der Waals surface area (Å²) in [6.45, 7) is 10.2. The van der Waals surface area contributed by atoms with E-state index in [9.17, 15) is 4.79 Å². The number of nitrogens with zero attached hydrogens (tertiary/aromatic N) is 2. The Balaban J connectivity index is 4.30. The van der Waals surface area contributed by atoms with Crippen molar-refractivity contribution in [3.63, 3.8) is 0 Å². The monoisotopic (exact) mass is 200 g/mol. The summed E-state index contributed by atoms with van der Waals surface area (Å²) >= 11 is 0. The van der Waals surface area contributed by atoms with Gasteiger partial charge >= 0.3 is 0 Å². The molecule has 13 heavy (non-hydrogen) atoms. The molecular weight excluding hydrogens is 180 g/mol. The zero-order valence-corrected chi connectivity index (χ0v) is 10.5. The molecule has 4 heteroatoms. The standard InChI is InChI=1S/C9H20N2OSi/c1-8(7-9(2)12)10-11(3)13(4,5)6/h7H2,1-6H3/b10-8+. The summed E-state index contributed by atoms with van der Waals surface area (Å²) < 4.78 is 2.02. The topological polar surface area (TPSA) is 32.7 Å².